The Bertz CT molecular complexity index is 1150. The first-order chi connectivity index (χ1) is 15.7. The van der Waals surface area contributed by atoms with Crippen LogP contribution in [0.1, 0.15) is 27.4 Å². The summed E-state index contributed by atoms with van der Waals surface area (Å²) in [5.41, 5.74) is 4.74. The molecule has 32 heavy (non-hydrogen) atoms. The second-order valence-corrected chi connectivity index (χ2v) is 8.50. The van der Waals surface area contributed by atoms with Crippen molar-refractivity contribution in [2.24, 2.45) is 5.92 Å². The summed E-state index contributed by atoms with van der Waals surface area (Å²) in [4.78, 5) is 15.0. The number of nitriles is 1. The Hall–Kier alpha value is -3.62. The predicted molar refractivity (Wildman–Crippen MR) is 124 cm³/mol. The van der Waals surface area contributed by atoms with E-state index in [1.165, 1.54) is 0 Å². The molecule has 5 rings (SSSR count). The molecule has 5 heteroatoms. The van der Waals surface area contributed by atoms with Gasteiger partial charge in [-0.3, -0.25) is 4.79 Å². The number of hydrogen-bond acceptors (Lipinski definition) is 4. The van der Waals surface area contributed by atoms with Gasteiger partial charge in [0.15, 0.2) is 0 Å². The van der Waals surface area contributed by atoms with Crippen molar-refractivity contribution >= 4 is 5.91 Å². The highest BCUT2D eigenvalue weighted by molar-refractivity contribution is 5.94. The van der Waals surface area contributed by atoms with Crippen LogP contribution >= 0.6 is 0 Å². The summed E-state index contributed by atoms with van der Waals surface area (Å²) in [6.07, 6.45) is 0. The second-order valence-electron chi connectivity index (χ2n) is 8.50. The van der Waals surface area contributed by atoms with Crippen molar-refractivity contribution in [1.29, 1.82) is 5.26 Å². The monoisotopic (exact) mass is 423 g/mol. The number of carbonyl (C=O) groups excluding carboxylic acids is 1. The number of hydrogen-bond donors (Lipinski definition) is 1. The lowest BCUT2D eigenvalue weighted by Gasteiger charge is -2.27. The van der Waals surface area contributed by atoms with Crippen LogP contribution in [0.5, 0.6) is 5.75 Å². The molecule has 1 saturated heterocycles. The van der Waals surface area contributed by atoms with Gasteiger partial charge in [0, 0.05) is 49.1 Å². The average molecular weight is 424 g/mol. The second kappa shape index (κ2) is 8.86. The van der Waals surface area contributed by atoms with E-state index in [9.17, 15) is 10.1 Å². The highest BCUT2D eigenvalue weighted by atomic mass is 16.5. The third-order valence-corrected chi connectivity index (χ3v) is 6.48. The molecule has 0 radical (unpaired) electrons. The van der Waals surface area contributed by atoms with E-state index >= 15 is 0 Å². The highest BCUT2D eigenvalue weighted by Gasteiger charge is 2.38. The van der Waals surface area contributed by atoms with Crippen LogP contribution in [-0.2, 0) is 0 Å². The van der Waals surface area contributed by atoms with Gasteiger partial charge >= 0.3 is 0 Å². The van der Waals surface area contributed by atoms with Crippen LogP contribution in [0.4, 0.5) is 0 Å². The van der Waals surface area contributed by atoms with Crippen LogP contribution in [0, 0.1) is 17.2 Å². The van der Waals surface area contributed by atoms with E-state index in [2.05, 4.69) is 28.4 Å². The van der Waals surface area contributed by atoms with Crippen LogP contribution in [0.2, 0.25) is 0 Å². The molecule has 5 nitrogen and oxygen atoms in total. The maximum absolute atomic E-state index is 12.6. The zero-order valence-electron chi connectivity index (χ0n) is 17.8. The fraction of sp³-hybridized carbons (Fsp3) is 0.259. The molecule has 0 aliphatic carbocycles. The molecule has 1 N–H and O–H groups in total. The molecule has 1 fully saturated rings. The first-order valence-corrected chi connectivity index (χ1v) is 11.0. The Morgan fingerprint density at radius 1 is 1.03 bits per heavy atom. The van der Waals surface area contributed by atoms with Crippen LogP contribution in [-0.4, -0.2) is 43.6 Å². The van der Waals surface area contributed by atoms with Crippen molar-refractivity contribution < 1.29 is 9.53 Å². The summed E-state index contributed by atoms with van der Waals surface area (Å²) in [6, 6.07) is 25.8. The number of likely N-dealkylation sites (tertiary alicyclic amines) is 1. The van der Waals surface area contributed by atoms with E-state index in [0.29, 0.717) is 36.1 Å². The first-order valence-electron chi connectivity index (χ1n) is 11.0. The molecule has 0 bridgehead atoms. The van der Waals surface area contributed by atoms with Crippen molar-refractivity contribution in [2.75, 3.05) is 32.8 Å². The Labute approximate surface area is 188 Å². The van der Waals surface area contributed by atoms with Crippen molar-refractivity contribution in [2.45, 2.75) is 5.92 Å². The van der Waals surface area contributed by atoms with Crippen LogP contribution in [0.3, 0.4) is 0 Å². The van der Waals surface area contributed by atoms with Gasteiger partial charge in [-0.05, 0) is 41.5 Å². The highest BCUT2D eigenvalue weighted by Crippen LogP contribution is 2.41. The molecule has 2 aliphatic rings. The number of carbonyl (C=O) groups is 1. The number of ether oxygens (including phenoxy) is 1. The summed E-state index contributed by atoms with van der Waals surface area (Å²) in [7, 11) is 0. The number of benzene rings is 3. The topological polar surface area (TPSA) is 65.4 Å². The van der Waals surface area contributed by atoms with Crippen LogP contribution in [0.25, 0.3) is 11.1 Å². The third kappa shape index (κ3) is 4.10. The van der Waals surface area contributed by atoms with Gasteiger partial charge in [-0.2, -0.15) is 5.26 Å². The van der Waals surface area contributed by atoms with Crippen LogP contribution < -0.4 is 10.1 Å². The van der Waals surface area contributed by atoms with E-state index in [1.54, 1.807) is 0 Å². The molecule has 2 aliphatic heterocycles. The maximum Gasteiger partial charge on any atom is 0.251 e. The molecule has 1 amide bonds. The van der Waals surface area contributed by atoms with Gasteiger partial charge in [0.05, 0.1) is 18.2 Å². The number of rotatable bonds is 5. The maximum atomic E-state index is 12.6. The fourth-order valence-corrected chi connectivity index (χ4v) is 4.77. The van der Waals surface area contributed by atoms with Gasteiger partial charge < -0.3 is 15.0 Å². The zero-order chi connectivity index (χ0) is 21.9. The molecule has 0 aromatic heterocycles. The number of amides is 1. The van der Waals surface area contributed by atoms with E-state index in [1.807, 2.05) is 60.7 Å². The molecule has 0 spiro atoms. The van der Waals surface area contributed by atoms with E-state index in [4.69, 9.17) is 4.74 Å². The van der Waals surface area contributed by atoms with E-state index in [0.717, 1.165) is 42.1 Å². The Kier molecular flexibility index (Phi) is 5.62. The van der Waals surface area contributed by atoms with Gasteiger partial charge in [-0.25, -0.2) is 0 Å². The number of fused-ring (bicyclic) bond motifs is 3. The molecule has 2 heterocycles. The summed E-state index contributed by atoms with van der Waals surface area (Å²) >= 11 is 0. The quantitative estimate of drug-likeness (QED) is 0.672. The Balaban J connectivity index is 1.15. The van der Waals surface area contributed by atoms with Crippen molar-refractivity contribution in [1.82, 2.24) is 10.2 Å². The number of nitrogens with zero attached hydrogens (tertiary/aromatic N) is 2. The average Bonchev–Trinajstić information content (AvgIpc) is 3.28. The largest absolute Gasteiger partial charge is 0.493 e. The van der Waals surface area contributed by atoms with E-state index < -0.39 is 0 Å². The van der Waals surface area contributed by atoms with Crippen molar-refractivity contribution in [3.05, 3.63) is 89.5 Å². The lowest BCUT2D eigenvalue weighted by molar-refractivity contribution is 0.0949. The summed E-state index contributed by atoms with van der Waals surface area (Å²) < 4.78 is 5.92. The van der Waals surface area contributed by atoms with Gasteiger partial charge in [-0.1, -0.05) is 42.5 Å². The molecule has 160 valence electrons. The van der Waals surface area contributed by atoms with Crippen molar-refractivity contribution in [3.63, 3.8) is 0 Å². The third-order valence-electron chi connectivity index (χ3n) is 6.48. The van der Waals surface area contributed by atoms with Gasteiger partial charge in [0.2, 0.25) is 0 Å². The summed E-state index contributed by atoms with van der Waals surface area (Å²) in [6.45, 7) is 3.99. The molecular formula is C27H25N3O2. The Morgan fingerprint density at radius 2 is 1.81 bits per heavy atom. The first kappa shape index (κ1) is 20.3. The number of nitrogens with one attached hydrogen (secondary N) is 1. The zero-order valence-corrected chi connectivity index (χ0v) is 17.8. The van der Waals surface area contributed by atoms with Gasteiger partial charge in [-0.15, -0.1) is 0 Å². The molecule has 0 saturated carbocycles. The minimum Gasteiger partial charge on any atom is -0.493 e. The predicted octanol–water partition coefficient (Wildman–Crippen LogP) is 4.06. The summed E-state index contributed by atoms with van der Waals surface area (Å²) in [5.74, 6) is 1.67. The minimum atomic E-state index is -0.0476. The van der Waals surface area contributed by atoms with Crippen molar-refractivity contribution in [3.8, 4) is 22.9 Å². The molecule has 2 atom stereocenters. The summed E-state index contributed by atoms with van der Waals surface area (Å²) in [5, 5.41) is 12.3. The van der Waals surface area contributed by atoms with Crippen LogP contribution in [0.15, 0.2) is 72.8 Å². The SMILES string of the molecule is N#Cc1ccc2c(c1)[C@H]1CN(CCNC(=O)c3ccc(-c4ccccc4)cc3)C[C@@H]1CO2. The molecule has 3 aromatic carbocycles. The minimum absolute atomic E-state index is 0.0476. The van der Waals surface area contributed by atoms with Gasteiger partial charge in [0.1, 0.15) is 5.75 Å². The molecule has 0 unspecified atom stereocenters. The normalized spacial score (nSPS) is 19.3. The molecular weight excluding hydrogens is 398 g/mol. The fourth-order valence-electron chi connectivity index (χ4n) is 4.77. The smallest absolute Gasteiger partial charge is 0.251 e. The lowest BCUT2D eigenvalue weighted by atomic mass is 9.86. The Morgan fingerprint density at radius 3 is 2.59 bits per heavy atom. The molecule has 3 aromatic rings. The lowest BCUT2D eigenvalue weighted by Crippen LogP contribution is -2.34. The van der Waals surface area contributed by atoms with E-state index in [-0.39, 0.29) is 5.91 Å². The standard InChI is InChI=1S/C27H25N3O2/c28-15-19-6-11-26-24(14-19)25-17-30(16-23(25)18-32-26)13-12-29-27(31)22-9-7-21(8-10-22)20-4-2-1-3-5-20/h1-11,14,23,25H,12-13,16-18H2,(H,29,31)/t23-,25+/m1/s1. The van der Waals surface area contributed by atoms with Gasteiger partial charge in [0.25, 0.3) is 5.91 Å².